The molecule has 0 aliphatic carbocycles. The number of aliphatic hydroxyl groups excluding tert-OH is 1. The first-order valence-corrected chi connectivity index (χ1v) is 7.50. The van der Waals surface area contributed by atoms with Gasteiger partial charge in [-0.1, -0.05) is 32.0 Å². The number of carbonyl (C=O) groups excluding carboxylic acids is 1. The number of carbonyl (C=O) groups is 1. The molecule has 0 radical (unpaired) electrons. The average Bonchev–Trinajstić information content (AvgIpc) is 2.36. The predicted octanol–water partition coefficient (Wildman–Crippen LogP) is 2.82. The molecule has 4 nitrogen and oxygen atoms in total. The van der Waals surface area contributed by atoms with Crippen molar-refractivity contribution in [2.24, 2.45) is 5.92 Å². The molecule has 0 fully saturated rings. The fourth-order valence-corrected chi connectivity index (χ4v) is 2.05. The number of halogens is 1. The van der Waals surface area contributed by atoms with Crippen LogP contribution in [0, 0.1) is 11.7 Å². The average molecular weight is 311 g/mol. The van der Waals surface area contributed by atoms with Crippen molar-refractivity contribution in [3.05, 3.63) is 35.6 Å². The van der Waals surface area contributed by atoms with Crippen LogP contribution < -0.4 is 5.32 Å². The molecule has 22 heavy (non-hydrogen) atoms. The normalized spacial score (nSPS) is 14.7. The van der Waals surface area contributed by atoms with Gasteiger partial charge in [0, 0.05) is 12.1 Å². The molecule has 0 amide bonds. The van der Waals surface area contributed by atoms with Crippen molar-refractivity contribution in [3.63, 3.8) is 0 Å². The third-order valence-corrected chi connectivity index (χ3v) is 3.12. The number of rotatable bonds is 6. The van der Waals surface area contributed by atoms with Gasteiger partial charge in [0.25, 0.3) is 0 Å². The Balaban J connectivity index is 2.69. The van der Waals surface area contributed by atoms with Crippen molar-refractivity contribution in [1.29, 1.82) is 0 Å². The smallest absolute Gasteiger partial charge is 0.323 e. The molecule has 0 aliphatic rings. The first-order valence-electron chi connectivity index (χ1n) is 7.50. The van der Waals surface area contributed by atoms with Crippen LogP contribution in [0.15, 0.2) is 24.3 Å². The first kappa shape index (κ1) is 18.6. The van der Waals surface area contributed by atoms with Crippen LogP contribution in [0.25, 0.3) is 0 Å². The molecule has 2 N–H and O–H groups in total. The van der Waals surface area contributed by atoms with E-state index >= 15 is 0 Å². The molecule has 1 aromatic rings. The minimum atomic E-state index is -1.02. The Morgan fingerprint density at radius 1 is 1.32 bits per heavy atom. The summed E-state index contributed by atoms with van der Waals surface area (Å²) in [5, 5.41) is 13.1. The molecule has 2 atom stereocenters. The Kier molecular flexibility index (Phi) is 6.50. The SMILES string of the molecule is CC(C)[C@@H](NCC(O)c1ccccc1F)C(=O)OC(C)(C)C. The number of hydrogen-bond donors (Lipinski definition) is 2. The molecule has 0 saturated carbocycles. The Bertz CT molecular complexity index is 497. The van der Waals surface area contributed by atoms with Gasteiger partial charge in [0.15, 0.2) is 0 Å². The van der Waals surface area contributed by atoms with E-state index in [-0.39, 0.29) is 24.0 Å². The topological polar surface area (TPSA) is 58.6 Å². The lowest BCUT2D eigenvalue weighted by molar-refractivity contribution is -0.158. The van der Waals surface area contributed by atoms with Crippen LogP contribution in [-0.4, -0.2) is 29.3 Å². The highest BCUT2D eigenvalue weighted by Gasteiger charge is 2.28. The summed E-state index contributed by atoms with van der Waals surface area (Å²) in [6.07, 6.45) is -1.02. The van der Waals surface area contributed by atoms with E-state index in [2.05, 4.69) is 5.32 Å². The van der Waals surface area contributed by atoms with Gasteiger partial charge in [-0.05, 0) is 32.8 Å². The maximum atomic E-state index is 13.6. The van der Waals surface area contributed by atoms with E-state index in [0.717, 1.165) is 0 Å². The van der Waals surface area contributed by atoms with Crippen LogP contribution in [-0.2, 0) is 9.53 Å². The zero-order valence-corrected chi connectivity index (χ0v) is 13.9. The maximum Gasteiger partial charge on any atom is 0.323 e. The third kappa shape index (κ3) is 5.73. The molecule has 5 heteroatoms. The van der Waals surface area contributed by atoms with Gasteiger partial charge in [-0.2, -0.15) is 0 Å². The minimum Gasteiger partial charge on any atom is -0.459 e. The van der Waals surface area contributed by atoms with Gasteiger partial charge in [0.2, 0.25) is 0 Å². The van der Waals surface area contributed by atoms with Crippen molar-refractivity contribution in [3.8, 4) is 0 Å². The van der Waals surface area contributed by atoms with E-state index in [1.54, 1.807) is 32.9 Å². The highest BCUT2D eigenvalue weighted by atomic mass is 19.1. The molecule has 0 bridgehead atoms. The summed E-state index contributed by atoms with van der Waals surface area (Å²) in [6, 6.07) is 5.50. The van der Waals surface area contributed by atoms with Gasteiger partial charge >= 0.3 is 5.97 Å². The fraction of sp³-hybridized carbons (Fsp3) is 0.588. The fourth-order valence-electron chi connectivity index (χ4n) is 2.05. The number of benzene rings is 1. The van der Waals surface area contributed by atoms with Crippen molar-refractivity contribution in [2.45, 2.75) is 52.4 Å². The Morgan fingerprint density at radius 3 is 2.41 bits per heavy atom. The van der Waals surface area contributed by atoms with Crippen LogP contribution in [0.1, 0.15) is 46.3 Å². The van der Waals surface area contributed by atoms with E-state index in [4.69, 9.17) is 4.74 Å². The van der Waals surface area contributed by atoms with E-state index in [1.165, 1.54) is 12.1 Å². The summed E-state index contributed by atoms with van der Waals surface area (Å²) < 4.78 is 19.0. The summed E-state index contributed by atoms with van der Waals surface area (Å²) in [4.78, 5) is 12.2. The van der Waals surface area contributed by atoms with Gasteiger partial charge in [-0.15, -0.1) is 0 Å². The first-order chi connectivity index (χ1) is 10.1. The predicted molar refractivity (Wildman–Crippen MR) is 83.8 cm³/mol. The molecule has 1 unspecified atom stereocenters. The van der Waals surface area contributed by atoms with Gasteiger partial charge in [-0.25, -0.2) is 4.39 Å². The second kappa shape index (κ2) is 7.70. The van der Waals surface area contributed by atoms with Crippen LogP contribution in [0.2, 0.25) is 0 Å². The quantitative estimate of drug-likeness (QED) is 0.793. The number of nitrogens with one attached hydrogen (secondary N) is 1. The lowest BCUT2D eigenvalue weighted by Crippen LogP contribution is -2.46. The number of hydrogen-bond acceptors (Lipinski definition) is 4. The zero-order chi connectivity index (χ0) is 16.9. The molecule has 0 spiro atoms. The van der Waals surface area contributed by atoms with Gasteiger partial charge in [-0.3, -0.25) is 4.79 Å². The molecule has 1 rings (SSSR count). The lowest BCUT2D eigenvalue weighted by atomic mass is 10.0. The molecule has 0 aromatic heterocycles. The Labute approximate surface area is 131 Å². The Morgan fingerprint density at radius 2 is 1.91 bits per heavy atom. The molecule has 0 saturated heterocycles. The number of esters is 1. The van der Waals surface area contributed by atoms with E-state index in [1.807, 2.05) is 13.8 Å². The second-order valence-corrected chi connectivity index (χ2v) is 6.70. The standard InChI is InChI=1S/C17H26FNO3/c1-11(2)15(16(21)22-17(3,4)5)19-10-14(20)12-8-6-7-9-13(12)18/h6-9,11,14-15,19-20H,10H2,1-5H3/t14?,15-/m1/s1. The summed E-state index contributed by atoms with van der Waals surface area (Å²) in [6.45, 7) is 9.25. The molecule has 0 aliphatic heterocycles. The van der Waals surface area contributed by atoms with Gasteiger partial charge < -0.3 is 15.2 Å². The summed E-state index contributed by atoms with van der Waals surface area (Å²) in [5.41, 5.74) is -0.363. The number of ether oxygens (including phenoxy) is 1. The zero-order valence-electron chi connectivity index (χ0n) is 13.9. The van der Waals surface area contributed by atoms with Crippen molar-refractivity contribution < 1.29 is 19.0 Å². The third-order valence-electron chi connectivity index (χ3n) is 3.12. The lowest BCUT2D eigenvalue weighted by Gasteiger charge is -2.27. The molecule has 1 aromatic carbocycles. The van der Waals surface area contributed by atoms with Crippen LogP contribution in [0.3, 0.4) is 0 Å². The van der Waals surface area contributed by atoms with Crippen molar-refractivity contribution >= 4 is 5.97 Å². The monoisotopic (exact) mass is 311 g/mol. The summed E-state index contributed by atoms with van der Waals surface area (Å²) >= 11 is 0. The molecule has 124 valence electrons. The van der Waals surface area contributed by atoms with Gasteiger partial charge in [0.05, 0.1) is 6.10 Å². The molecule has 0 heterocycles. The van der Waals surface area contributed by atoms with Crippen LogP contribution >= 0.6 is 0 Å². The summed E-state index contributed by atoms with van der Waals surface area (Å²) in [5.74, 6) is -0.846. The largest absolute Gasteiger partial charge is 0.459 e. The van der Waals surface area contributed by atoms with Crippen LogP contribution in [0.5, 0.6) is 0 Å². The molecular formula is C17H26FNO3. The summed E-state index contributed by atoms with van der Waals surface area (Å²) in [7, 11) is 0. The van der Waals surface area contributed by atoms with E-state index < -0.39 is 23.6 Å². The van der Waals surface area contributed by atoms with E-state index in [9.17, 15) is 14.3 Å². The number of aliphatic hydroxyl groups is 1. The minimum absolute atomic E-state index is 0.0114. The highest BCUT2D eigenvalue weighted by molar-refractivity contribution is 5.76. The van der Waals surface area contributed by atoms with Crippen molar-refractivity contribution in [1.82, 2.24) is 5.32 Å². The van der Waals surface area contributed by atoms with E-state index in [0.29, 0.717) is 0 Å². The van der Waals surface area contributed by atoms with Crippen molar-refractivity contribution in [2.75, 3.05) is 6.54 Å². The maximum absolute atomic E-state index is 13.6. The van der Waals surface area contributed by atoms with Gasteiger partial charge in [0.1, 0.15) is 17.5 Å². The Hall–Kier alpha value is -1.46. The highest BCUT2D eigenvalue weighted by Crippen LogP contribution is 2.17. The second-order valence-electron chi connectivity index (χ2n) is 6.70. The molecular weight excluding hydrogens is 285 g/mol. The van der Waals surface area contributed by atoms with Crippen LogP contribution in [0.4, 0.5) is 4.39 Å².